The number of fused-ring (bicyclic) bond motifs is 2. The zero-order valence-electron chi connectivity index (χ0n) is 14.7. The average molecular weight is 380 g/mol. The average Bonchev–Trinajstić information content (AvgIpc) is 3.07. The van der Waals surface area contributed by atoms with Crippen molar-refractivity contribution < 1.29 is 28.6 Å². The number of esters is 1. The van der Waals surface area contributed by atoms with E-state index in [4.69, 9.17) is 9.15 Å². The van der Waals surface area contributed by atoms with E-state index in [2.05, 4.69) is 5.32 Å². The van der Waals surface area contributed by atoms with Gasteiger partial charge in [-0.15, -0.1) is 0 Å². The van der Waals surface area contributed by atoms with E-state index in [1.807, 2.05) is 0 Å². The number of anilines is 2. The van der Waals surface area contributed by atoms with Crippen LogP contribution >= 0.6 is 0 Å². The monoisotopic (exact) mass is 380 g/mol. The Labute approximate surface area is 159 Å². The van der Waals surface area contributed by atoms with Crippen LogP contribution in [-0.4, -0.2) is 36.0 Å². The predicted molar refractivity (Wildman–Crippen MR) is 100.0 cm³/mol. The van der Waals surface area contributed by atoms with Crippen molar-refractivity contribution in [2.75, 3.05) is 23.4 Å². The van der Waals surface area contributed by atoms with Crippen LogP contribution in [0.4, 0.5) is 11.4 Å². The minimum absolute atomic E-state index is 0.0624. The molecule has 8 heteroatoms. The summed E-state index contributed by atoms with van der Waals surface area (Å²) < 4.78 is 10.4. The van der Waals surface area contributed by atoms with Gasteiger partial charge in [-0.05, 0) is 24.3 Å². The lowest BCUT2D eigenvalue weighted by atomic mass is 10.1. The number of nitrogens with one attached hydrogen (secondary N) is 1. The lowest BCUT2D eigenvalue weighted by molar-refractivity contribution is -0.147. The third-order valence-electron chi connectivity index (χ3n) is 4.40. The van der Waals surface area contributed by atoms with E-state index in [1.165, 1.54) is 23.3 Å². The van der Waals surface area contributed by atoms with E-state index in [9.17, 15) is 19.5 Å². The molecule has 2 amide bonds. The molecule has 1 aliphatic heterocycles. The van der Waals surface area contributed by atoms with E-state index in [-0.39, 0.29) is 24.6 Å². The van der Waals surface area contributed by atoms with Crippen molar-refractivity contribution in [1.29, 1.82) is 0 Å². The number of carbonyl (C=O) groups excluding carboxylic acids is 3. The van der Waals surface area contributed by atoms with Gasteiger partial charge >= 0.3 is 5.97 Å². The molecule has 2 N–H and O–H groups in total. The number of hydrogen-bond donors (Lipinski definition) is 2. The second kappa shape index (κ2) is 7.07. The highest BCUT2D eigenvalue weighted by atomic mass is 16.5. The molecule has 8 nitrogen and oxygen atoms in total. The summed E-state index contributed by atoms with van der Waals surface area (Å²) in [5.41, 5.74) is 2.14. The van der Waals surface area contributed by atoms with Gasteiger partial charge in [0.1, 0.15) is 17.9 Å². The van der Waals surface area contributed by atoms with Crippen molar-refractivity contribution in [3.8, 4) is 5.75 Å². The van der Waals surface area contributed by atoms with E-state index in [0.29, 0.717) is 27.9 Å². The van der Waals surface area contributed by atoms with Gasteiger partial charge in [0.25, 0.3) is 5.91 Å². The molecular formula is C20H16N2O6. The number of phenols is 1. The number of furan rings is 1. The van der Waals surface area contributed by atoms with Crippen LogP contribution in [0.3, 0.4) is 0 Å². The summed E-state index contributed by atoms with van der Waals surface area (Å²) in [5, 5.41) is 12.8. The Bertz CT molecular complexity index is 1090. The molecule has 142 valence electrons. The minimum atomic E-state index is -0.598. The SMILES string of the molecule is O=C1CN(C(=O)COC(=O)Cc2coc3cc(O)ccc23)c2ccccc2N1. The molecule has 0 radical (unpaired) electrons. The van der Waals surface area contributed by atoms with Crippen LogP contribution < -0.4 is 10.2 Å². The highest BCUT2D eigenvalue weighted by Crippen LogP contribution is 2.29. The highest BCUT2D eigenvalue weighted by molar-refractivity contribution is 6.10. The van der Waals surface area contributed by atoms with Crippen molar-refractivity contribution in [3.05, 3.63) is 54.3 Å². The van der Waals surface area contributed by atoms with Gasteiger partial charge in [0, 0.05) is 17.0 Å². The molecule has 1 aromatic heterocycles. The van der Waals surface area contributed by atoms with Crippen LogP contribution in [0, 0.1) is 0 Å². The zero-order chi connectivity index (χ0) is 19.7. The molecule has 28 heavy (non-hydrogen) atoms. The molecule has 0 saturated heterocycles. The van der Waals surface area contributed by atoms with Gasteiger partial charge < -0.3 is 19.6 Å². The standard InChI is InChI=1S/C20H16N2O6/c23-13-5-6-14-12(10-27-17(14)8-13)7-20(26)28-11-19(25)22-9-18(24)21-15-3-1-2-4-16(15)22/h1-6,8,10,23H,7,9,11H2,(H,21,24). The van der Waals surface area contributed by atoms with Crippen LogP contribution in [0.15, 0.2) is 53.1 Å². The van der Waals surface area contributed by atoms with Crippen molar-refractivity contribution >= 4 is 40.1 Å². The van der Waals surface area contributed by atoms with Gasteiger partial charge in [0.15, 0.2) is 6.61 Å². The Morgan fingerprint density at radius 3 is 2.89 bits per heavy atom. The summed E-state index contributed by atoms with van der Waals surface area (Å²) in [6, 6.07) is 11.5. The molecule has 3 aromatic rings. The molecule has 0 aliphatic carbocycles. The zero-order valence-corrected chi connectivity index (χ0v) is 14.7. The molecule has 0 unspecified atom stereocenters. The number of carbonyl (C=O) groups is 3. The van der Waals surface area contributed by atoms with Gasteiger partial charge in [-0.2, -0.15) is 0 Å². The molecule has 0 bridgehead atoms. The first-order valence-corrected chi connectivity index (χ1v) is 8.55. The van der Waals surface area contributed by atoms with Crippen molar-refractivity contribution in [1.82, 2.24) is 0 Å². The quantitative estimate of drug-likeness (QED) is 0.672. The normalized spacial score (nSPS) is 13.1. The maximum Gasteiger partial charge on any atom is 0.310 e. The number of para-hydroxylation sites is 2. The van der Waals surface area contributed by atoms with Gasteiger partial charge in [-0.3, -0.25) is 19.3 Å². The summed E-state index contributed by atoms with van der Waals surface area (Å²) in [4.78, 5) is 37.7. The smallest absolute Gasteiger partial charge is 0.310 e. The molecule has 0 fully saturated rings. The Hall–Kier alpha value is -3.81. The Balaban J connectivity index is 1.41. The summed E-state index contributed by atoms with van der Waals surface area (Å²) in [6.07, 6.45) is 1.33. The second-order valence-corrected chi connectivity index (χ2v) is 6.32. The van der Waals surface area contributed by atoms with Crippen LogP contribution in [0.2, 0.25) is 0 Å². The topological polar surface area (TPSA) is 109 Å². The van der Waals surface area contributed by atoms with Gasteiger partial charge in [0.05, 0.1) is 24.1 Å². The summed E-state index contributed by atoms with van der Waals surface area (Å²) in [5.74, 6) is -1.34. The number of nitrogens with zero attached hydrogens (tertiary/aromatic N) is 1. The van der Waals surface area contributed by atoms with Crippen LogP contribution in [0.5, 0.6) is 5.75 Å². The number of ether oxygens (including phenoxy) is 1. The van der Waals surface area contributed by atoms with E-state index in [1.54, 1.807) is 30.3 Å². The Kier molecular flexibility index (Phi) is 4.44. The van der Waals surface area contributed by atoms with E-state index < -0.39 is 18.5 Å². The Morgan fingerprint density at radius 2 is 2.04 bits per heavy atom. The number of rotatable bonds is 4. The number of hydrogen-bond acceptors (Lipinski definition) is 6. The maximum absolute atomic E-state index is 12.5. The predicted octanol–water partition coefficient (Wildman–Crippen LogP) is 2.21. The molecule has 0 saturated carbocycles. The van der Waals surface area contributed by atoms with E-state index in [0.717, 1.165) is 0 Å². The molecule has 0 atom stereocenters. The fraction of sp³-hybridized carbons (Fsp3) is 0.150. The number of phenolic OH excluding ortho intramolecular Hbond substituents is 1. The van der Waals surface area contributed by atoms with Gasteiger partial charge in [0.2, 0.25) is 5.91 Å². The molecule has 2 aromatic carbocycles. The van der Waals surface area contributed by atoms with Gasteiger partial charge in [-0.25, -0.2) is 0 Å². The van der Waals surface area contributed by atoms with Gasteiger partial charge in [-0.1, -0.05) is 12.1 Å². The van der Waals surface area contributed by atoms with Crippen LogP contribution in [0.25, 0.3) is 11.0 Å². The highest BCUT2D eigenvalue weighted by Gasteiger charge is 2.27. The molecule has 0 spiro atoms. The largest absolute Gasteiger partial charge is 0.508 e. The third kappa shape index (κ3) is 3.39. The summed E-state index contributed by atoms with van der Waals surface area (Å²) in [6.45, 7) is -0.611. The fourth-order valence-electron chi connectivity index (χ4n) is 3.09. The summed E-state index contributed by atoms with van der Waals surface area (Å²) in [7, 11) is 0. The second-order valence-electron chi connectivity index (χ2n) is 6.32. The lowest BCUT2D eigenvalue weighted by Gasteiger charge is -2.28. The minimum Gasteiger partial charge on any atom is -0.508 e. The van der Waals surface area contributed by atoms with Crippen molar-refractivity contribution in [3.63, 3.8) is 0 Å². The molecule has 2 heterocycles. The Morgan fingerprint density at radius 1 is 1.21 bits per heavy atom. The fourth-order valence-corrected chi connectivity index (χ4v) is 3.09. The van der Waals surface area contributed by atoms with Crippen LogP contribution in [0.1, 0.15) is 5.56 Å². The van der Waals surface area contributed by atoms with E-state index >= 15 is 0 Å². The van der Waals surface area contributed by atoms with Crippen LogP contribution in [-0.2, 0) is 25.5 Å². The first-order chi connectivity index (χ1) is 13.5. The number of benzene rings is 2. The lowest BCUT2D eigenvalue weighted by Crippen LogP contribution is -2.44. The maximum atomic E-state index is 12.5. The van der Waals surface area contributed by atoms with Crippen molar-refractivity contribution in [2.45, 2.75) is 6.42 Å². The first-order valence-electron chi connectivity index (χ1n) is 8.55. The number of amides is 2. The molecular weight excluding hydrogens is 364 g/mol. The summed E-state index contributed by atoms with van der Waals surface area (Å²) >= 11 is 0. The number of aromatic hydroxyl groups is 1. The molecule has 4 rings (SSSR count). The van der Waals surface area contributed by atoms with Crippen molar-refractivity contribution in [2.24, 2.45) is 0 Å². The first kappa shape index (κ1) is 17.6. The molecule has 1 aliphatic rings. The third-order valence-corrected chi connectivity index (χ3v) is 4.40.